The zero-order chi connectivity index (χ0) is 14.2. The fourth-order valence-electron chi connectivity index (χ4n) is 1.51. The number of rotatable bonds is 3. The highest BCUT2D eigenvalue weighted by Gasteiger charge is 2.21. The Bertz CT molecular complexity index is 729. The second-order valence-corrected chi connectivity index (χ2v) is 5.17. The molecule has 9 heteroatoms. The molecule has 0 N–H and O–H groups in total. The molecule has 98 valence electrons. The molecule has 0 aliphatic carbocycles. The van der Waals surface area contributed by atoms with Crippen molar-refractivity contribution in [1.82, 2.24) is 0 Å². The van der Waals surface area contributed by atoms with Gasteiger partial charge < -0.3 is 9.47 Å². The first-order valence-corrected chi connectivity index (χ1v) is 6.97. The molecule has 19 heavy (non-hydrogen) atoms. The van der Waals surface area contributed by atoms with Crippen LogP contribution in [0.25, 0.3) is 0 Å². The van der Waals surface area contributed by atoms with Gasteiger partial charge >= 0.3 is 0 Å². The van der Waals surface area contributed by atoms with Gasteiger partial charge in [-0.3, -0.25) is 0 Å². The van der Waals surface area contributed by atoms with Crippen LogP contribution in [0.4, 0.5) is 0 Å². The molecule has 0 spiro atoms. The fourth-order valence-corrected chi connectivity index (χ4v) is 2.54. The predicted molar refractivity (Wildman–Crippen MR) is 89.3 cm³/mol. The summed E-state index contributed by atoms with van der Waals surface area (Å²) >= 11 is 23.4. The van der Waals surface area contributed by atoms with E-state index in [-0.39, 0.29) is 9.98 Å². The van der Waals surface area contributed by atoms with Gasteiger partial charge in [0.1, 0.15) is 10.7 Å². The molecule has 2 rings (SSSR count). The van der Waals surface area contributed by atoms with Crippen molar-refractivity contribution in [2.24, 2.45) is 9.98 Å². The van der Waals surface area contributed by atoms with Crippen molar-refractivity contribution < 1.29 is 9.47 Å². The van der Waals surface area contributed by atoms with Gasteiger partial charge in [0, 0.05) is 0 Å². The molecule has 0 bridgehead atoms. The fraction of sp³-hybridized carbons (Fsp3) is 0.100. The Morgan fingerprint density at radius 1 is 1.00 bits per heavy atom. The lowest BCUT2D eigenvalue weighted by atomic mass is 10.2. The van der Waals surface area contributed by atoms with Crippen molar-refractivity contribution in [3.63, 3.8) is 0 Å². The molecule has 1 aliphatic rings. The van der Waals surface area contributed by atoms with Crippen LogP contribution in [0.1, 0.15) is 0 Å². The minimum Gasteiger partial charge on any atom is -0.492 e. The lowest BCUT2D eigenvalue weighted by Gasteiger charge is -2.14. The van der Waals surface area contributed by atoms with Crippen molar-refractivity contribution >= 4 is 77.4 Å². The number of hydrogen-bond acceptors (Lipinski definition) is 7. The van der Waals surface area contributed by atoms with Gasteiger partial charge in [0.15, 0.2) is 27.0 Å². The summed E-state index contributed by atoms with van der Waals surface area (Å²) in [5.74, 6) is 0.682. The van der Waals surface area contributed by atoms with Crippen molar-refractivity contribution in [2.75, 3.05) is 7.11 Å². The Balaban J connectivity index is 2.97. The molecule has 0 unspecified atom stereocenters. The number of thiol groups is 2. The molecule has 0 atom stereocenters. The standard InChI is InChI=1S/C10H6N2O2S5/c1-13-5-6(14-2-15)8(17)4-3(7(5)16)11-9(18)10(19)12-4/h2,16-17H,1H3. The smallest absolute Gasteiger partial charge is 0.186 e. The Morgan fingerprint density at radius 2 is 1.47 bits per heavy atom. The molecule has 0 aromatic heterocycles. The second kappa shape index (κ2) is 5.80. The molecule has 1 heterocycles. The Hall–Kier alpha value is -0.610. The van der Waals surface area contributed by atoms with E-state index in [0.29, 0.717) is 32.0 Å². The highest BCUT2D eigenvalue weighted by atomic mass is 32.1. The van der Waals surface area contributed by atoms with Gasteiger partial charge in [0.05, 0.1) is 16.9 Å². The molecule has 1 aliphatic heterocycles. The zero-order valence-electron chi connectivity index (χ0n) is 9.41. The van der Waals surface area contributed by atoms with E-state index in [1.54, 1.807) is 0 Å². The first kappa shape index (κ1) is 14.8. The van der Waals surface area contributed by atoms with E-state index < -0.39 is 0 Å². The predicted octanol–water partition coefficient (Wildman–Crippen LogP) is 1.52. The Kier molecular flexibility index (Phi) is 4.51. The molecule has 1 aromatic rings. The summed E-state index contributed by atoms with van der Waals surface area (Å²) in [6.07, 6.45) is 0. The van der Waals surface area contributed by atoms with Crippen molar-refractivity contribution in [2.45, 2.75) is 9.79 Å². The molecular formula is C10H6N2O2S5. The summed E-state index contributed by atoms with van der Waals surface area (Å²) in [5, 5.41) is 0.903. The van der Waals surface area contributed by atoms with E-state index in [0.717, 1.165) is 5.55 Å². The van der Waals surface area contributed by atoms with E-state index in [1.165, 1.54) is 7.11 Å². The van der Waals surface area contributed by atoms with Crippen LogP contribution in [0, 0.1) is 0 Å². The summed E-state index contributed by atoms with van der Waals surface area (Å²) in [6, 6.07) is 0. The van der Waals surface area contributed by atoms with Crippen LogP contribution in [0.2, 0.25) is 0 Å². The maximum absolute atomic E-state index is 5.24. The van der Waals surface area contributed by atoms with Crippen LogP contribution in [-0.2, 0) is 0 Å². The number of ether oxygens (including phenoxy) is 2. The van der Waals surface area contributed by atoms with Crippen LogP contribution >= 0.6 is 61.9 Å². The number of hydrogen-bond donors (Lipinski definition) is 2. The van der Waals surface area contributed by atoms with Gasteiger partial charge in [0.2, 0.25) is 0 Å². The molecule has 1 aromatic carbocycles. The molecule has 0 fully saturated rings. The molecule has 0 saturated heterocycles. The van der Waals surface area contributed by atoms with Gasteiger partial charge in [-0.15, -0.1) is 25.3 Å². The van der Waals surface area contributed by atoms with Gasteiger partial charge in [-0.2, -0.15) is 0 Å². The lowest BCUT2D eigenvalue weighted by Crippen LogP contribution is -2.36. The van der Waals surface area contributed by atoms with Crippen LogP contribution in [0.15, 0.2) is 19.8 Å². The summed E-state index contributed by atoms with van der Waals surface area (Å²) < 4.78 is 10.5. The first-order chi connectivity index (χ1) is 9.01. The molecule has 0 amide bonds. The SMILES string of the molecule is COc1c(OC=S)c(S)c2c(c1S)=NC(=S)C(=S)N=2. The van der Waals surface area contributed by atoms with Gasteiger partial charge in [0.25, 0.3) is 0 Å². The average molecular weight is 347 g/mol. The van der Waals surface area contributed by atoms with E-state index >= 15 is 0 Å². The third kappa shape index (κ3) is 2.52. The third-order valence-electron chi connectivity index (χ3n) is 2.29. The van der Waals surface area contributed by atoms with E-state index in [1.807, 2.05) is 0 Å². The Morgan fingerprint density at radius 3 is 1.89 bits per heavy atom. The largest absolute Gasteiger partial charge is 0.492 e. The quantitative estimate of drug-likeness (QED) is 0.642. The number of benzene rings is 1. The van der Waals surface area contributed by atoms with Crippen LogP contribution < -0.4 is 20.2 Å². The number of fused-ring (bicyclic) bond motifs is 1. The summed E-state index contributed by atoms with van der Waals surface area (Å²) in [4.78, 5) is 9.70. The Labute approximate surface area is 135 Å². The van der Waals surface area contributed by atoms with Crippen molar-refractivity contribution in [3.05, 3.63) is 10.7 Å². The highest BCUT2D eigenvalue weighted by molar-refractivity contribution is 7.89. The van der Waals surface area contributed by atoms with Gasteiger partial charge in [-0.25, -0.2) is 9.98 Å². The second-order valence-electron chi connectivity index (χ2n) is 3.30. The normalized spacial score (nSPS) is 13.2. The van der Waals surface area contributed by atoms with Crippen molar-refractivity contribution in [1.29, 1.82) is 0 Å². The van der Waals surface area contributed by atoms with E-state index in [9.17, 15) is 0 Å². The molecule has 0 saturated carbocycles. The summed E-state index contributed by atoms with van der Waals surface area (Å²) in [6.45, 7) is 0. The summed E-state index contributed by atoms with van der Waals surface area (Å²) in [5.41, 5.74) is 1.10. The van der Waals surface area contributed by atoms with Gasteiger partial charge in [-0.05, 0) is 12.2 Å². The first-order valence-electron chi connectivity index (χ1n) is 4.79. The topological polar surface area (TPSA) is 43.2 Å². The van der Waals surface area contributed by atoms with E-state index in [2.05, 4.69) is 47.5 Å². The monoisotopic (exact) mass is 346 g/mol. The third-order valence-corrected chi connectivity index (χ3v) is 3.91. The zero-order valence-corrected chi connectivity index (χ0v) is 13.6. The number of thiocarbonyl (C=S) groups is 3. The van der Waals surface area contributed by atoms with Crippen LogP contribution in [-0.4, -0.2) is 22.6 Å². The number of methoxy groups -OCH3 is 1. The van der Waals surface area contributed by atoms with Crippen LogP contribution in [0.5, 0.6) is 11.5 Å². The maximum Gasteiger partial charge on any atom is 0.186 e. The molecule has 4 nitrogen and oxygen atoms in total. The van der Waals surface area contributed by atoms with Crippen LogP contribution in [0.3, 0.4) is 0 Å². The van der Waals surface area contributed by atoms with Gasteiger partial charge in [-0.1, -0.05) is 24.4 Å². The molecular weight excluding hydrogens is 340 g/mol. The average Bonchev–Trinajstić information content (AvgIpc) is 2.39. The highest BCUT2D eigenvalue weighted by Crippen LogP contribution is 2.34. The van der Waals surface area contributed by atoms with Crippen molar-refractivity contribution in [3.8, 4) is 11.5 Å². The number of nitrogens with zero attached hydrogens (tertiary/aromatic N) is 2. The van der Waals surface area contributed by atoms with E-state index in [4.69, 9.17) is 33.9 Å². The maximum atomic E-state index is 5.24. The molecule has 0 radical (unpaired) electrons. The lowest BCUT2D eigenvalue weighted by molar-refractivity contribution is 0.379. The summed E-state index contributed by atoms with van der Waals surface area (Å²) in [7, 11) is 1.48. The minimum absolute atomic E-state index is 0.226. The minimum atomic E-state index is 0.226.